The summed E-state index contributed by atoms with van der Waals surface area (Å²) in [7, 11) is 1.92. The van der Waals surface area contributed by atoms with Crippen LogP contribution in [0, 0.1) is 6.92 Å². The predicted octanol–water partition coefficient (Wildman–Crippen LogP) is 1.80. The number of nitrogens with zero attached hydrogens (tertiary/aromatic N) is 3. The zero-order valence-electron chi connectivity index (χ0n) is 9.77. The molecule has 16 heavy (non-hydrogen) atoms. The number of hydrogen-bond donors (Lipinski definition) is 1. The molecule has 0 saturated carbocycles. The normalized spacial score (nSPS) is 13.0. The van der Waals surface area contributed by atoms with Gasteiger partial charge in [-0.25, -0.2) is 4.98 Å². The van der Waals surface area contributed by atoms with Gasteiger partial charge in [0, 0.05) is 29.9 Å². The van der Waals surface area contributed by atoms with Crippen LogP contribution in [0.1, 0.15) is 34.9 Å². The quantitative estimate of drug-likeness (QED) is 0.884. The van der Waals surface area contributed by atoms with Crippen LogP contribution in [0.5, 0.6) is 0 Å². The van der Waals surface area contributed by atoms with Crippen LogP contribution in [-0.2, 0) is 13.5 Å². The van der Waals surface area contributed by atoms with E-state index in [-0.39, 0.29) is 6.04 Å². The van der Waals surface area contributed by atoms with Crippen molar-refractivity contribution in [3.63, 3.8) is 0 Å². The Balaban J connectivity index is 2.36. The Bertz CT molecular complexity index is 486. The SMILES string of the molecule is CCc1nn(C)cc1C(N)c1nc(C)cs1. The molecule has 1 atom stereocenters. The van der Waals surface area contributed by atoms with Gasteiger partial charge in [-0.3, -0.25) is 4.68 Å². The molecule has 0 aliphatic rings. The van der Waals surface area contributed by atoms with E-state index in [1.807, 2.05) is 30.2 Å². The first-order valence-electron chi connectivity index (χ1n) is 5.31. The van der Waals surface area contributed by atoms with Gasteiger partial charge < -0.3 is 5.73 Å². The lowest BCUT2D eigenvalue weighted by atomic mass is 10.1. The first kappa shape index (κ1) is 11.3. The Morgan fingerprint density at radius 2 is 2.31 bits per heavy atom. The van der Waals surface area contributed by atoms with Crippen molar-refractivity contribution in [1.82, 2.24) is 14.8 Å². The van der Waals surface area contributed by atoms with Crippen LogP contribution in [0.3, 0.4) is 0 Å². The molecule has 2 N–H and O–H groups in total. The van der Waals surface area contributed by atoms with Crippen molar-refractivity contribution in [3.05, 3.63) is 33.5 Å². The molecule has 4 nitrogen and oxygen atoms in total. The summed E-state index contributed by atoms with van der Waals surface area (Å²) in [5.41, 5.74) is 9.38. The van der Waals surface area contributed by atoms with Gasteiger partial charge in [0.05, 0.1) is 11.7 Å². The van der Waals surface area contributed by atoms with Crippen molar-refractivity contribution in [2.75, 3.05) is 0 Å². The van der Waals surface area contributed by atoms with Crippen LogP contribution < -0.4 is 5.73 Å². The molecular formula is C11H16N4S. The molecule has 0 spiro atoms. The molecule has 0 radical (unpaired) electrons. The van der Waals surface area contributed by atoms with E-state index in [1.165, 1.54) is 0 Å². The minimum absolute atomic E-state index is 0.151. The molecule has 0 saturated heterocycles. The molecule has 0 amide bonds. The van der Waals surface area contributed by atoms with Crippen molar-refractivity contribution < 1.29 is 0 Å². The van der Waals surface area contributed by atoms with Gasteiger partial charge in [0.15, 0.2) is 0 Å². The molecule has 2 heterocycles. The van der Waals surface area contributed by atoms with Gasteiger partial charge in [0.1, 0.15) is 5.01 Å². The second-order valence-electron chi connectivity index (χ2n) is 3.86. The van der Waals surface area contributed by atoms with Gasteiger partial charge >= 0.3 is 0 Å². The fraction of sp³-hybridized carbons (Fsp3) is 0.455. The van der Waals surface area contributed by atoms with Gasteiger partial charge in [0.2, 0.25) is 0 Å². The summed E-state index contributed by atoms with van der Waals surface area (Å²) >= 11 is 1.61. The average Bonchev–Trinajstić information content (AvgIpc) is 2.83. The zero-order chi connectivity index (χ0) is 11.7. The highest BCUT2D eigenvalue weighted by Gasteiger charge is 2.18. The predicted molar refractivity (Wildman–Crippen MR) is 65.5 cm³/mol. The van der Waals surface area contributed by atoms with E-state index >= 15 is 0 Å². The van der Waals surface area contributed by atoms with Crippen LogP contribution in [-0.4, -0.2) is 14.8 Å². The lowest BCUT2D eigenvalue weighted by Gasteiger charge is -2.07. The van der Waals surface area contributed by atoms with E-state index in [0.717, 1.165) is 28.4 Å². The van der Waals surface area contributed by atoms with E-state index in [4.69, 9.17) is 5.73 Å². The third-order valence-corrected chi connectivity index (χ3v) is 3.56. The molecule has 0 aromatic carbocycles. The third-order valence-electron chi connectivity index (χ3n) is 2.51. The van der Waals surface area contributed by atoms with Crippen LogP contribution in [0.15, 0.2) is 11.6 Å². The summed E-state index contributed by atoms with van der Waals surface area (Å²) in [6.45, 7) is 4.07. The van der Waals surface area contributed by atoms with E-state index in [2.05, 4.69) is 17.0 Å². The molecule has 86 valence electrons. The molecule has 2 rings (SSSR count). The molecule has 5 heteroatoms. The maximum absolute atomic E-state index is 6.21. The van der Waals surface area contributed by atoms with E-state index in [1.54, 1.807) is 11.3 Å². The standard InChI is InChI=1S/C11H16N4S/c1-4-9-8(5-15(3)14-9)10(12)11-13-7(2)6-16-11/h5-6,10H,4,12H2,1-3H3. The molecule has 0 aliphatic heterocycles. The highest BCUT2D eigenvalue weighted by Crippen LogP contribution is 2.25. The van der Waals surface area contributed by atoms with E-state index in [9.17, 15) is 0 Å². The minimum atomic E-state index is -0.151. The van der Waals surface area contributed by atoms with E-state index < -0.39 is 0 Å². The lowest BCUT2D eigenvalue weighted by molar-refractivity contribution is 0.746. The summed E-state index contributed by atoms with van der Waals surface area (Å²) in [4.78, 5) is 4.43. The minimum Gasteiger partial charge on any atom is -0.318 e. The summed E-state index contributed by atoms with van der Waals surface area (Å²) in [5, 5.41) is 7.38. The van der Waals surface area contributed by atoms with Crippen molar-refractivity contribution in [2.45, 2.75) is 26.3 Å². The van der Waals surface area contributed by atoms with E-state index in [0.29, 0.717) is 0 Å². The second-order valence-corrected chi connectivity index (χ2v) is 4.75. The Labute approximate surface area is 99.1 Å². The molecular weight excluding hydrogens is 220 g/mol. The second kappa shape index (κ2) is 4.35. The van der Waals surface area contributed by atoms with Crippen molar-refractivity contribution in [2.24, 2.45) is 12.8 Å². The first-order chi connectivity index (χ1) is 7.61. The first-order valence-corrected chi connectivity index (χ1v) is 6.19. The topological polar surface area (TPSA) is 56.7 Å². The molecule has 0 aliphatic carbocycles. The lowest BCUT2D eigenvalue weighted by Crippen LogP contribution is -2.12. The molecule has 2 aromatic heterocycles. The van der Waals surface area contributed by atoms with Crippen LogP contribution in [0.25, 0.3) is 0 Å². The maximum Gasteiger partial charge on any atom is 0.114 e. The Kier molecular flexibility index (Phi) is 3.07. The van der Waals surface area contributed by atoms with Gasteiger partial charge in [-0.1, -0.05) is 6.92 Å². The summed E-state index contributed by atoms with van der Waals surface area (Å²) in [6, 6.07) is -0.151. The van der Waals surface area contributed by atoms with Crippen LogP contribution in [0.2, 0.25) is 0 Å². The number of aryl methyl sites for hydroxylation is 3. The Hall–Kier alpha value is -1.20. The molecule has 0 fully saturated rings. The Morgan fingerprint density at radius 1 is 1.56 bits per heavy atom. The summed E-state index contributed by atoms with van der Waals surface area (Å²) in [6.07, 6.45) is 2.88. The monoisotopic (exact) mass is 236 g/mol. The summed E-state index contributed by atoms with van der Waals surface area (Å²) in [5.74, 6) is 0. The highest BCUT2D eigenvalue weighted by atomic mass is 32.1. The number of rotatable bonds is 3. The Morgan fingerprint density at radius 3 is 2.88 bits per heavy atom. The smallest absolute Gasteiger partial charge is 0.114 e. The number of hydrogen-bond acceptors (Lipinski definition) is 4. The highest BCUT2D eigenvalue weighted by molar-refractivity contribution is 7.09. The number of thiazole rings is 1. The van der Waals surface area contributed by atoms with Gasteiger partial charge in [-0.15, -0.1) is 11.3 Å². The van der Waals surface area contributed by atoms with Crippen LogP contribution in [0.4, 0.5) is 0 Å². The van der Waals surface area contributed by atoms with Crippen molar-refractivity contribution in [3.8, 4) is 0 Å². The van der Waals surface area contributed by atoms with Gasteiger partial charge in [0.25, 0.3) is 0 Å². The third kappa shape index (κ3) is 2.01. The fourth-order valence-corrected chi connectivity index (χ4v) is 2.55. The maximum atomic E-state index is 6.21. The molecule has 1 unspecified atom stereocenters. The largest absolute Gasteiger partial charge is 0.318 e. The molecule has 2 aromatic rings. The zero-order valence-corrected chi connectivity index (χ0v) is 10.6. The fourth-order valence-electron chi connectivity index (χ4n) is 1.74. The number of nitrogens with two attached hydrogens (primary N) is 1. The van der Waals surface area contributed by atoms with Crippen molar-refractivity contribution in [1.29, 1.82) is 0 Å². The van der Waals surface area contributed by atoms with Gasteiger partial charge in [-0.05, 0) is 13.3 Å². The molecule has 0 bridgehead atoms. The van der Waals surface area contributed by atoms with Gasteiger partial charge in [-0.2, -0.15) is 5.10 Å². The number of aromatic nitrogens is 3. The van der Waals surface area contributed by atoms with Crippen molar-refractivity contribution >= 4 is 11.3 Å². The van der Waals surface area contributed by atoms with Crippen LogP contribution >= 0.6 is 11.3 Å². The average molecular weight is 236 g/mol. The summed E-state index contributed by atoms with van der Waals surface area (Å²) < 4.78 is 1.81.